The van der Waals surface area contributed by atoms with Gasteiger partial charge in [0.1, 0.15) is 0 Å². The molecule has 4 heteroatoms. The van der Waals surface area contributed by atoms with E-state index in [1.165, 1.54) is 30.4 Å². The van der Waals surface area contributed by atoms with Crippen molar-refractivity contribution < 1.29 is 4.52 Å². The van der Waals surface area contributed by atoms with E-state index < -0.39 is 0 Å². The zero-order valence-corrected chi connectivity index (χ0v) is 15.9. The highest BCUT2D eigenvalue weighted by Gasteiger charge is 2.29. The van der Waals surface area contributed by atoms with Crippen LogP contribution in [0.1, 0.15) is 80.6 Å². The summed E-state index contributed by atoms with van der Waals surface area (Å²) in [6, 6.07) is 8.55. The van der Waals surface area contributed by atoms with E-state index in [2.05, 4.69) is 61.6 Å². The molecule has 4 nitrogen and oxygen atoms in total. The highest BCUT2D eigenvalue weighted by atomic mass is 16.5. The predicted octanol–water partition coefficient (Wildman–Crippen LogP) is 5.45. The van der Waals surface area contributed by atoms with E-state index in [9.17, 15) is 0 Å². The summed E-state index contributed by atoms with van der Waals surface area (Å²) in [4.78, 5) is 4.83. The van der Waals surface area contributed by atoms with Crippen LogP contribution in [0.3, 0.4) is 0 Å². The monoisotopic (exact) mass is 349 g/mol. The van der Waals surface area contributed by atoms with Crippen LogP contribution in [0.5, 0.6) is 0 Å². The topological polar surface area (TPSA) is 51.0 Å². The van der Waals surface area contributed by atoms with Gasteiger partial charge < -0.3 is 9.84 Å². The van der Waals surface area contributed by atoms with Gasteiger partial charge >= 0.3 is 0 Å². The molecule has 2 aromatic rings. The highest BCUT2D eigenvalue weighted by Crippen LogP contribution is 2.39. The van der Waals surface area contributed by atoms with Crippen molar-refractivity contribution >= 4 is 5.57 Å². The summed E-state index contributed by atoms with van der Waals surface area (Å²) < 4.78 is 5.70. The van der Waals surface area contributed by atoms with Crippen LogP contribution in [-0.2, 0) is 0 Å². The molecule has 1 N–H and O–H groups in total. The summed E-state index contributed by atoms with van der Waals surface area (Å²) in [6.07, 6.45) is 8.45. The number of allylic oxidation sites excluding steroid dienone is 4. The van der Waals surface area contributed by atoms with Crippen molar-refractivity contribution in [2.45, 2.75) is 64.7 Å². The number of aryl methyl sites for hydroxylation is 1. The summed E-state index contributed by atoms with van der Waals surface area (Å²) in [5.41, 5.74) is 5.97. The SMILES string of the molecule is CC1=CC(c2ccccc2C)C(c2noc(C3CCCCC3)n2)=C(C)N1. The quantitative estimate of drug-likeness (QED) is 0.801. The van der Waals surface area contributed by atoms with E-state index in [0.717, 1.165) is 41.5 Å². The maximum Gasteiger partial charge on any atom is 0.230 e. The number of hydrogen-bond donors (Lipinski definition) is 1. The second-order valence-electron chi connectivity index (χ2n) is 7.64. The van der Waals surface area contributed by atoms with Gasteiger partial charge in [-0.1, -0.05) is 54.8 Å². The third-order valence-corrected chi connectivity index (χ3v) is 5.68. The molecule has 0 spiro atoms. The molecule has 0 amide bonds. The minimum absolute atomic E-state index is 0.147. The molecule has 1 aromatic carbocycles. The van der Waals surface area contributed by atoms with Crippen LogP contribution < -0.4 is 5.32 Å². The van der Waals surface area contributed by atoms with Crippen LogP contribution >= 0.6 is 0 Å². The smallest absolute Gasteiger partial charge is 0.230 e. The van der Waals surface area contributed by atoms with Crippen LogP contribution in [0.2, 0.25) is 0 Å². The van der Waals surface area contributed by atoms with Crippen LogP contribution in [0.4, 0.5) is 0 Å². The van der Waals surface area contributed by atoms with Gasteiger partial charge in [-0.3, -0.25) is 0 Å². The van der Waals surface area contributed by atoms with E-state index in [0.29, 0.717) is 5.92 Å². The first-order chi connectivity index (χ1) is 12.6. The largest absolute Gasteiger partial charge is 0.363 e. The Morgan fingerprint density at radius 2 is 1.81 bits per heavy atom. The van der Waals surface area contributed by atoms with Crippen LogP contribution in [0.25, 0.3) is 5.57 Å². The second kappa shape index (κ2) is 7.10. The summed E-state index contributed by atoms with van der Waals surface area (Å²) in [5.74, 6) is 2.12. The number of nitrogens with zero attached hydrogens (tertiary/aromatic N) is 2. The molecule has 4 rings (SSSR count). The van der Waals surface area contributed by atoms with Gasteiger partial charge in [-0.25, -0.2) is 0 Å². The molecule has 1 unspecified atom stereocenters. The molecule has 0 bridgehead atoms. The maximum atomic E-state index is 5.70. The van der Waals surface area contributed by atoms with E-state index in [1.54, 1.807) is 0 Å². The van der Waals surface area contributed by atoms with E-state index in [1.807, 2.05) is 0 Å². The lowest BCUT2D eigenvalue weighted by atomic mass is 9.84. The van der Waals surface area contributed by atoms with Crippen molar-refractivity contribution in [3.63, 3.8) is 0 Å². The van der Waals surface area contributed by atoms with Crippen molar-refractivity contribution in [2.24, 2.45) is 0 Å². The third-order valence-electron chi connectivity index (χ3n) is 5.68. The van der Waals surface area contributed by atoms with Gasteiger partial charge in [-0.05, 0) is 44.7 Å². The molecule has 1 aromatic heterocycles. The van der Waals surface area contributed by atoms with Gasteiger partial charge in [0.25, 0.3) is 0 Å². The molecule has 2 heterocycles. The van der Waals surface area contributed by atoms with Gasteiger partial charge in [0, 0.05) is 28.8 Å². The van der Waals surface area contributed by atoms with E-state index in [-0.39, 0.29) is 5.92 Å². The molecular weight excluding hydrogens is 322 g/mol. The standard InChI is InChI=1S/C22H27N3O/c1-14-9-7-8-12-18(14)19-13-15(2)23-16(3)20(19)21-24-22(26-25-21)17-10-5-4-6-11-17/h7-9,12-13,17,19,23H,4-6,10-11H2,1-3H3. The van der Waals surface area contributed by atoms with Crippen molar-refractivity contribution in [2.75, 3.05) is 0 Å². The molecular formula is C22H27N3O. The summed E-state index contributed by atoms with van der Waals surface area (Å²) in [5, 5.41) is 7.84. The zero-order valence-electron chi connectivity index (χ0n) is 15.9. The van der Waals surface area contributed by atoms with E-state index in [4.69, 9.17) is 9.51 Å². The molecule has 1 aliphatic heterocycles. The highest BCUT2D eigenvalue weighted by molar-refractivity contribution is 5.74. The van der Waals surface area contributed by atoms with Crippen LogP contribution in [0, 0.1) is 6.92 Å². The Kier molecular flexibility index (Phi) is 4.66. The van der Waals surface area contributed by atoms with Crippen molar-refractivity contribution in [3.8, 4) is 0 Å². The molecule has 0 radical (unpaired) electrons. The van der Waals surface area contributed by atoms with Crippen molar-refractivity contribution in [1.82, 2.24) is 15.5 Å². The van der Waals surface area contributed by atoms with Crippen LogP contribution in [0.15, 0.2) is 46.3 Å². The fraction of sp³-hybridized carbons (Fsp3) is 0.455. The Bertz CT molecular complexity index is 856. The van der Waals surface area contributed by atoms with Gasteiger partial charge in [-0.15, -0.1) is 0 Å². The fourth-order valence-electron chi connectivity index (χ4n) is 4.32. The van der Waals surface area contributed by atoms with Gasteiger partial charge in [0.15, 0.2) is 0 Å². The lowest BCUT2D eigenvalue weighted by Gasteiger charge is -2.26. The molecule has 1 atom stereocenters. The molecule has 26 heavy (non-hydrogen) atoms. The number of hydrogen-bond acceptors (Lipinski definition) is 4. The Hall–Kier alpha value is -2.36. The molecule has 1 saturated carbocycles. The molecule has 136 valence electrons. The average molecular weight is 349 g/mol. The fourth-order valence-corrected chi connectivity index (χ4v) is 4.32. The van der Waals surface area contributed by atoms with Gasteiger partial charge in [-0.2, -0.15) is 4.98 Å². The molecule has 0 saturated heterocycles. The summed E-state index contributed by atoms with van der Waals surface area (Å²) >= 11 is 0. The number of benzene rings is 1. The Morgan fingerprint density at radius 1 is 1.04 bits per heavy atom. The van der Waals surface area contributed by atoms with Crippen molar-refractivity contribution in [3.05, 3.63) is 64.6 Å². The third kappa shape index (κ3) is 3.20. The average Bonchev–Trinajstić information content (AvgIpc) is 3.12. The van der Waals surface area contributed by atoms with E-state index >= 15 is 0 Å². The maximum absolute atomic E-state index is 5.70. The second-order valence-corrected chi connectivity index (χ2v) is 7.64. The zero-order chi connectivity index (χ0) is 18.1. The minimum atomic E-state index is 0.147. The lowest BCUT2D eigenvalue weighted by molar-refractivity contribution is 0.313. The van der Waals surface area contributed by atoms with Crippen molar-refractivity contribution in [1.29, 1.82) is 0 Å². The summed E-state index contributed by atoms with van der Waals surface area (Å²) in [7, 11) is 0. The number of rotatable bonds is 3. The molecule has 2 aliphatic rings. The normalized spacial score (nSPS) is 21.5. The van der Waals surface area contributed by atoms with Crippen LogP contribution in [-0.4, -0.2) is 10.1 Å². The Morgan fingerprint density at radius 3 is 2.58 bits per heavy atom. The first-order valence-electron chi connectivity index (χ1n) is 9.69. The summed E-state index contributed by atoms with van der Waals surface area (Å²) in [6.45, 7) is 6.38. The molecule has 1 fully saturated rings. The number of dihydropyridines is 1. The Labute approximate surface area is 155 Å². The Balaban J connectivity index is 1.72. The first kappa shape index (κ1) is 17.1. The van der Waals surface area contributed by atoms with Gasteiger partial charge in [0.05, 0.1) is 0 Å². The number of aromatic nitrogens is 2. The van der Waals surface area contributed by atoms with Gasteiger partial charge in [0.2, 0.25) is 11.7 Å². The first-order valence-corrected chi connectivity index (χ1v) is 9.69. The molecule has 1 aliphatic carbocycles. The minimum Gasteiger partial charge on any atom is -0.363 e. The predicted molar refractivity (Wildman–Crippen MR) is 104 cm³/mol. The lowest BCUT2D eigenvalue weighted by Crippen LogP contribution is -2.20. The number of nitrogens with one attached hydrogen (secondary N) is 1.